The third-order valence-corrected chi connectivity index (χ3v) is 12.2. The fourth-order valence-corrected chi connectivity index (χ4v) is 10.2. The van der Waals surface area contributed by atoms with Crippen molar-refractivity contribution in [2.75, 3.05) is 32.7 Å². The Hall–Kier alpha value is -1.55. The Morgan fingerprint density at radius 2 is 1.51 bits per heavy atom. The number of likely N-dealkylation sites (N-methyl/N-ethyl adjacent to an activating group) is 1. The second-order valence-electron chi connectivity index (χ2n) is 10.2. The molecule has 0 N–H and O–H groups in total. The van der Waals surface area contributed by atoms with Crippen molar-refractivity contribution in [3.05, 3.63) is 77.1 Å². The third-order valence-electron chi connectivity index (χ3n) is 6.99. The Morgan fingerprint density at radius 3 is 2.09 bits per heavy atom. The summed E-state index contributed by atoms with van der Waals surface area (Å²) in [5, 5.41) is 2.05. The highest BCUT2D eigenvalue weighted by Crippen LogP contribution is 2.65. The summed E-state index contributed by atoms with van der Waals surface area (Å²) in [7, 11) is -2.24. The van der Waals surface area contributed by atoms with Crippen LogP contribution in [-0.4, -0.2) is 52.0 Å². The Morgan fingerprint density at radius 1 is 0.914 bits per heavy atom. The van der Waals surface area contributed by atoms with Gasteiger partial charge in [-0.25, -0.2) is 4.74 Å². The summed E-state index contributed by atoms with van der Waals surface area (Å²) in [4.78, 5) is 2.54. The molecular weight excluding hydrogens is 494 g/mol. The van der Waals surface area contributed by atoms with Crippen LogP contribution in [0.3, 0.4) is 0 Å². The van der Waals surface area contributed by atoms with E-state index >= 15 is 0 Å². The summed E-state index contributed by atoms with van der Waals surface area (Å²) >= 11 is 6.73. The lowest BCUT2D eigenvalue weighted by molar-refractivity contribution is 0.198. The van der Waals surface area contributed by atoms with E-state index in [4.69, 9.17) is 16.3 Å². The monoisotopic (exact) mass is 532 g/mol. The Labute approximate surface area is 222 Å². The number of benzene rings is 2. The first kappa shape index (κ1) is 28.0. The smallest absolute Gasteiger partial charge is 0.0819 e. The highest BCUT2D eigenvalue weighted by molar-refractivity contribution is 7.73. The van der Waals surface area contributed by atoms with Crippen LogP contribution in [0.25, 0.3) is 5.69 Å². The average molecular weight is 534 g/mol. The van der Waals surface area contributed by atoms with Crippen molar-refractivity contribution < 1.29 is 0 Å². The molecule has 35 heavy (non-hydrogen) atoms. The van der Waals surface area contributed by atoms with Gasteiger partial charge in [0, 0.05) is 54.2 Å². The van der Waals surface area contributed by atoms with Crippen molar-refractivity contribution in [2.24, 2.45) is 4.74 Å². The highest BCUT2D eigenvalue weighted by Gasteiger charge is 2.45. The molecule has 190 valence electrons. The molecule has 0 spiro atoms. The number of hydrogen-bond acceptors (Lipinski definition) is 2. The molecule has 1 atom stereocenters. The number of nitrogens with zero attached hydrogens (tertiary/aromatic N) is 4. The van der Waals surface area contributed by atoms with Crippen LogP contribution in [0.5, 0.6) is 0 Å². The van der Waals surface area contributed by atoms with Crippen molar-refractivity contribution in [3.8, 4) is 5.69 Å². The van der Waals surface area contributed by atoms with Crippen LogP contribution < -0.4 is 5.30 Å². The van der Waals surface area contributed by atoms with E-state index in [0.717, 1.165) is 43.4 Å². The van der Waals surface area contributed by atoms with Crippen LogP contribution in [0.4, 0.5) is 5.69 Å². The van der Waals surface area contributed by atoms with Gasteiger partial charge in [0.1, 0.15) is 0 Å². The number of aryl methyl sites for hydroxylation is 1. The maximum Gasteiger partial charge on any atom is 0.0819 e. The molecular formula is C28H39Cl2N4P. The van der Waals surface area contributed by atoms with Crippen molar-refractivity contribution in [1.29, 1.82) is 0 Å². The Kier molecular flexibility index (Phi) is 9.00. The number of aromatic nitrogens is 1. The molecule has 3 aromatic rings. The van der Waals surface area contributed by atoms with Gasteiger partial charge in [-0.2, -0.15) is 0 Å². The predicted octanol–water partition coefficient (Wildman–Crippen LogP) is 7.68. The van der Waals surface area contributed by atoms with E-state index in [9.17, 15) is 0 Å². The van der Waals surface area contributed by atoms with E-state index in [2.05, 4.69) is 98.3 Å². The molecule has 1 aliphatic rings. The van der Waals surface area contributed by atoms with Gasteiger partial charge in [0.15, 0.2) is 0 Å². The van der Waals surface area contributed by atoms with E-state index in [1.54, 1.807) is 0 Å². The first-order valence-corrected chi connectivity index (χ1v) is 14.4. The molecule has 1 aliphatic heterocycles. The van der Waals surface area contributed by atoms with Crippen molar-refractivity contribution in [3.63, 3.8) is 0 Å². The van der Waals surface area contributed by atoms with Crippen LogP contribution >= 0.6 is 31.2 Å². The predicted molar refractivity (Wildman–Crippen MR) is 156 cm³/mol. The normalized spacial score (nSPS) is 17.0. The summed E-state index contributed by atoms with van der Waals surface area (Å²) in [5.74, 6) is 0. The lowest BCUT2D eigenvalue weighted by atomic mass is 10.2. The minimum Gasteiger partial charge on any atom is -0.320 e. The molecule has 0 saturated carbocycles. The Balaban J connectivity index is 0.00000342. The van der Waals surface area contributed by atoms with Gasteiger partial charge in [0.25, 0.3) is 0 Å². The van der Waals surface area contributed by atoms with Gasteiger partial charge in [0.05, 0.1) is 17.9 Å². The molecule has 0 amide bonds. The summed E-state index contributed by atoms with van der Waals surface area (Å²) in [6.07, 6.45) is 2.30. The topological polar surface area (TPSA) is 23.8 Å². The van der Waals surface area contributed by atoms with Gasteiger partial charge in [-0.3, -0.25) is 4.67 Å². The minimum atomic E-state index is -2.24. The quantitative estimate of drug-likeness (QED) is 0.314. The average Bonchev–Trinajstić information content (AvgIpc) is 3.12. The molecule has 7 heteroatoms. The summed E-state index contributed by atoms with van der Waals surface area (Å²) < 4.78 is 10.8. The number of piperazine rings is 1. The zero-order valence-corrected chi connectivity index (χ0v) is 24.3. The van der Waals surface area contributed by atoms with Gasteiger partial charge in [-0.15, -0.1) is 12.4 Å². The van der Waals surface area contributed by atoms with Crippen LogP contribution in [0.1, 0.15) is 39.0 Å². The first-order valence-electron chi connectivity index (χ1n) is 12.3. The fourth-order valence-electron chi connectivity index (χ4n) is 5.28. The molecule has 4 nitrogen and oxygen atoms in total. The van der Waals surface area contributed by atoms with Gasteiger partial charge in [0.2, 0.25) is 0 Å². The summed E-state index contributed by atoms with van der Waals surface area (Å²) in [5.41, 5.74) is 4.67. The zero-order valence-electron chi connectivity index (χ0n) is 21.8. The molecule has 2 aromatic carbocycles. The molecule has 4 rings (SSSR count). The van der Waals surface area contributed by atoms with Crippen molar-refractivity contribution >= 4 is 42.2 Å². The minimum absolute atomic E-state index is 0. The molecule has 0 bridgehead atoms. The van der Waals surface area contributed by atoms with Gasteiger partial charge >= 0.3 is 0 Å². The van der Waals surface area contributed by atoms with E-state index < -0.39 is 7.21 Å². The lowest BCUT2D eigenvalue weighted by Gasteiger charge is -2.49. The van der Waals surface area contributed by atoms with Crippen LogP contribution in [-0.2, 0) is 0 Å². The number of hydrogen-bond donors (Lipinski definition) is 0. The molecule has 2 heterocycles. The second-order valence-corrected chi connectivity index (χ2v) is 14.3. The number of para-hydroxylation sites is 1. The number of rotatable bonds is 5. The first-order chi connectivity index (χ1) is 16.2. The molecule has 0 aliphatic carbocycles. The van der Waals surface area contributed by atoms with Gasteiger partial charge in [-0.1, -0.05) is 69.6 Å². The molecule has 1 saturated heterocycles. The lowest BCUT2D eigenvalue weighted by Crippen LogP contribution is -2.49. The molecule has 1 unspecified atom stereocenters. The second kappa shape index (κ2) is 11.2. The zero-order chi connectivity index (χ0) is 24.5. The van der Waals surface area contributed by atoms with Gasteiger partial charge < -0.3 is 9.47 Å². The largest absolute Gasteiger partial charge is 0.320 e. The van der Waals surface area contributed by atoms with E-state index in [0.29, 0.717) is 0 Å². The fraction of sp³-hybridized carbons (Fsp3) is 0.429. The van der Waals surface area contributed by atoms with E-state index in [1.807, 2.05) is 18.2 Å². The van der Waals surface area contributed by atoms with E-state index in [-0.39, 0.29) is 17.6 Å². The molecule has 1 fully saturated rings. The van der Waals surface area contributed by atoms with Crippen LogP contribution in [0, 0.1) is 13.8 Å². The standard InChI is InChI=1S/C28H38ClN4P.ClH/c1-7-31-17-19-32(20-18-31)34(28(4,5)6,30-26-16-12-11-15-25(26)29)27-22(2)21-33(23(27)3)24-13-9-8-10-14-24;/h8-16,21H,7,17-20H2,1-6H3;1H. The van der Waals surface area contributed by atoms with Crippen LogP contribution in [0.2, 0.25) is 5.02 Å². The maximum absolute atomic E-state index is 6.73. The van der Waals surface area contributed by atoms with Crippen molar-refractivity contribution in [2.45, 2.75) is 46.7 Å². The van der Waals surface area contributed by atoms with Crippen molar-refractivity contribution in [1.82, 2.24) is 14.1 Å². The Bertz CT molecular complexity index is 1190. The van der Waals surface area contributed by atoms with E-state index in [1.165, 1.54) is 22.2 Å². The summed E-state index contributed by atoms with van der Waals surface area (Å²) in [6, 6.07) is 18.7. The van der Waals surface area contributed by atoms with Crippen LogP contribution in [0.15, 0.2) is 65.5 Å². The molecule has 0 radical (unpaired) electrons. The maximum atomic E-state index is 6.73. The SMILES string of the molecule is CCN1CCN(P(=Nc2ccccc2Cl)(c2c(C)cn(-c3ccccc3)c2C)C(C)(C)C)CC1.Cl. The summed E-state index contributed by atoms with van der Waals surface area (Å²) in [6.45, 7) is 19.2. The third kappa shape index (κ3) is 5.29. The van der Waals surface area contributed by atoms with Gasteiger partial charge in [-0.05, 0) is 50.2 Å². The molecule has 1 aromatic heterocycles. The highest BCUT2D eigenvalue weighted by atomic mass is 35.5. The number of halogens is 2.